The Hall–Kier alpha value is -3.49. The summed E-state index contributed by atoms with van der Waals surface area (Å²) in [5, 5.41) is 12.8. The van der Waals surface area contributed by atoms with Crippen molar-refractivity contribution < 1.29 is 37.0 Å². The molecule has 1 atom stereocenters. The molecule has 2 aliphatic rings. The zero-order valence-electron chi connectivity index (χ0n) is 16.4. The van der Waals surface area contributed by atoms with E-state index in [-0.39, 0.29) is 28.4 Å². The van der Waals surface area contributed by atoms with Crippen LogP contribution in [0.2, 0.25) is 0 Å². The Morgan fingerprint density at radius 3 is 2.65 bits per heavy atom. The van der Waals surface area contributed by atoms with Crippen LogP contribution in [0, 0.1) is 0 Å². The van der Waals surface area contributed by atoms with Gasteiger partial charge in [0.05, 0.1) is 17.1 Å². The molecule has 2 N–H and O–H groups in total. The number of halogens is 3. The number of benzene rings is 1. The third-order valence-electron chi connectivity index (χ3n) is 5.30. The van der Waals surface area contributed by atoms with Crippen LogP contribution in [0.25, 0.3) is 11.3 Å². The Morgan fingerprint density at radius 1 is 1.19 bits per heavy atom. The number of allylic oxidation sites excluding steroid dienone is 3. The summed E-state index contributed by atoms with van der Waals surface area (Å²) in [5.74, 6) is -2.55. The Bertz CT molecular complexity index is 1130. The second kappa shape index (κ2) is 7.64. The van der Waals surface area contributed by atoms with Crippen LogP contribution in [-0.4, -0.2) is 23.2 Å². The van der Waals surface area contributed by atoms with Crippen LogP contribution in [0.3, 0.4) is 0 Å². The van der Waals surface area contributed by atoms with Crippen molar-refractivity contribution in [2.75, 3.05) is 0 Å². The summed E-state index contributed by atoms with van der Waals surface area (Å²) < 4.78 is 48.2. The number of hydrogen-bond donors (Lipinski definition) is 2. The number of ketones is 1. The summed E-state index contributed by atoms with van der Waals surface area (Å²) in [7, 11) is 0. The molecule has 2 aromatic rings. The van der Waals surface area contributed by atoms with E-state index in [2.05, 4.69) is 10.1 Å². The van der Waals surface area contributed by atoms with Gasteiger partial charge in [-0.1, -0.05) is 12.1 Å². The van der Waals surface area contributed by atoms with E-state index in [1.165, 1.54) is 30.3 Å². The highest BCUT2D eigenvalue weighted by Gasteiger charge is 2.40. The third-order valence-corrected chi connectivity index (χ3v) is 5.30. The van der Waals surface area contributed by atoms with Gasteiger partial charge in [0.15, 0.2) is 5.78 Å². The van der Waals surface area contributed by atoms with Crippen LogP contribution < -0.4 is 10.1 Å². The molecular formula is C22H18F3NO5. The predicted octanol–water partition coefficient (Wildman–Crippen LogP) is 4.90. The summed E-state index contributed by atoms with van der Waals surface area (Å²) in [4.78, 5) is 24.7. The number of carboxylic acids is 1. The number of hydrogen-bond acceptors (Lipinski definition) is 5. The zero-order valence-corrected chi connectivity index (χ0v) is 16.4. The second-order valence-corrected chi connectivity index (χ2v) is 7.32. The Balaban J connectivity index is 1.81. The molecule has 0 fully saturated rings. The number of alkyl halides is 3. The Kier molecular flexibility index (Phi) is 5.12. The molecule has 0 radical (unpaired) electrons. The Morgan fingerprint density at radius 2 is 1.94 bits per heavy atom. The van der Waals surface area contributed by atoms with Gasteiger partial charge in [-0.2, -0.15) is 0 Å². The van der Waals surface area contributed by atoms with Gasteiger partial charge in [-0.25, -0.2) is 4.79 Å². The summed E-state index contributed by atoms with van der Waals surface area (Å²) in [5.41, 5.74) is 1.40. The van der Waals surface area contributed by atoms with Crippen molar-refractivity contribution >= 4 is 11.8 Å². The van der Waals surface area contributed by atoms with E-state index in [9.17, 15) is 27.9 Å². The first-order valence-corrected chi connectivity index (χ1v) is 9.58. The lowest BCUT2D eigenvalue weighted by molar-refractivity contribution is -0.274. The Labute approximate surface area is 175 Å². The smallest absolute Gasteiger partial charge is 0.478 e. The minimum atomic E-state index is -4.88. The number of Topliss-reactive ketones (excluding diaryl/α,β-unsaturated/α-hetero) is 1. The van der Waals surface area contributed by atoms with Gasteiger partial charge in [-0.05, 0) is 44.0 Å². The minimum Gasteiger partial charge on any atom is -0.478 e. The van der Waals surface area contributed by atoms with E-state index in [0.29, 0.717) is 36.2 Å². The molecule has 1 aromatic heterocycles. The van der Waals surface area contributed by atoms with Crippen molar-refractivity contribution in [1.29, 1.82) is 0 Å². The summed E-state index contributed by atoms with van der Waals surface area (Å²) in [6, 6.07) is 8.42. The molecule has 0 amide bonds. The van der Waals surface area contributed by atoms with E-state index in [1.54, 1.807) is 6.92 Å². The molecule has 2 heterocycles. The van der Waals surface area contributed by atoms with Crippen molar-refractivity contribution in [3.05, 3.63) is 64.7 Å². The summed E-state index contributed by atoms with van der Waals surface area (Å²) in [6.07, 6.45) is -3.35. The lowest BCUT2D eigenvalue weighted by Gasteiger charge is -2.32. The molecule has 6 nitrogen and oxygen atoms in total. The molecule has 31 heavy (non-hydrogen) atoms. The maximum absolute atomic E-state index is 12.8. The van der Waals surface area contributed by atoms with Crippen molar-refractivity contribution in [1.82, 2.24) is 5.32 Å². The number of carbonyl (C=O) groups is 2. The van der Waals surface area contributed by atoms with Crippen LogP contribution >= 0.6 is 0 Å². The quantitative estimate of drug-likeness (QED) is 0.713. The van der Waals surface area contributed by atoms with E-state index in [0.717, 1.165) is 6.07 Å². The maximum atomic E-state index is 12.8. The summed E-state index contributed by atoms with van der Waals surface area (Å²) in [6.45, 7) is 1.61. The number of aliphatic carboxylic acids is 1. The number of ether oxygens (including phenoxy) is 1. The standard InChI is InChI=1S/C22H18F3NO5/c1-11-18(21(28)29)20(19-13(26-11)6-4-7-14(19)27)17-10-9-15(30-17)12-5-2-3-8-16(12)31-22(23,24)25/h2-3,5,8-10,20,26H,4,6-7H2,1H3,(H,28,29). The van der Waals surface area contributed by atoms with Crippen molar-refractivity contribution in [3.8, 4) is 17.1 Å². The SMILES string of the molecule is CC1=C(C(=O)O)C(c2ccc(-c3ccccc3OC(F)(F)F)o2)C2=C(CCCC2=O)N1. The highest BCUT2D eigenvalue weighted by atomic mass is 19.4. The van der Waals surface area contributed by atoms with Gasteiger partial charge in [-0.3, -0.25) is 4.79 Å². The lowest BCUT2D eigenvalue weighted by atomic mass is 9.77. The molecule has 4 rings (SSSR count). The van der Waals surface area contributed by atoms with E-state index in [1.807, 2.05) is 0 Å². The van der Waals surface area contributed by atoms with E-state index < -0.39 is 24.0 Å². The van der Waals surface area contributed by atoms with Crippen LogP contribution in [0.15, 0.2) is 63.4 Å². The van der Waals surface area contributed by atoms with Gasteiger partial charge in [0.2, 0.25) is 0 Å². The van der Waals surface area contributed by atoms with E-state index >= 15 is 0 Å². The van der Waals surface area contributed by atoms with Gasteiger partial charge in [0.1, 0.15) is 17.3 Å². The average Bonchev–Trinajstić information content (AvgIpc) is 3.15. The molecule has 162 valence electrons. The lowest BCUT2D eigenvalue weighted by Crippen LogP contribution is -2.33. The van der Waals surface area contributed by atoms with Crippen molar-refractivity contribution in [2.45, 2.75) is 38.5 Å². The molecule has 1 aliphatic heterocycles. The van der Waals surface area contributed by atoms with Crippen LogP contribution in [0.4, 0.5) is 13.2 Å². The number of carbonyl (C=O) groups excluding carboxylic acids is 1. The molecule has 0 spiro atoms. The molecule has 1 aromatic carbocycles. The number of carboxylic acid groups (broad SMARTS) is 1. The van der Waals surface area contributed by atoms with Gasteiger partial charge >= 0.3 is 12.3 Å². The average molecular weight is 433 g/mol. The normalized spacial score (nSPS) is 19.2. The predicted molar refractivity (Wildman–Crippen MR) is 103 cm³/mol. The molecular weight excluding hydrogens is 415 g/mol. The fourth-order valence-corrected chi connectivity index (χ4v) is 4.09. The summed E-state index contributed by atoms with van der Waals surface area (Å²) >= 11 is 0. The fourth-order valence-electron chi connectivity index (χ4n) is 4.09. The fraction of sp³-hybridized carbons (Fsp3) is 0.273. The van der Waals surface area contributed by atoms with Gasteiger partial charge in [0, 0.05) is 23.4 Å². The van der Waals surface area contributed by atoms with Crippen LogP contribution in [0.1, 0.15) is 37.9 Å². The van der Waals surface area contributed by atoms with Crippen molar-refractivity contribution in [3.63, 3.8) is 0 Å². The van der Waals surface area contributed by atoms with Crippen molar-refractivity contribution in [2.24, 2.45) is 0 Å². The van der Waals surface area contributed by atoms with Gasteiger partial charge < -0.3 is 19.6 Å². The third kappa shape index (κ3) is 3.95. The topological polar surface area (TPSA) is 88.8 Å². The number of rotatable bonds is 4. The first-order chi connectivity index (χ1) is 14.7. The molecule has 0 saturated heterocycles. The number of dihydropyridines is 1. The number of nitrogens with one attached hydrogen (secondary N) is 1. The maximum Gasteiger partial charge on any atom is 0.573 e. The van der Waals surface area contributed by atoms with Crippen LogP contribution in [0.5, 0.6) is 5.75 Å². The van der Waals surface area contributed by atoms with Crippen LogP contribution in [-0.2, 0) is 9.59 Å². The second-order valence-electron chi connectivity index (χ2n) is 7.32. The number of furan rings is 1. The highest BCUT2D eigenvalue weighted by molar-refractivity contribution is 6.03. The zero-order chi connectivity index (χ0) is 22.3. The molecule has 0 saturated carbocycles. The van der Waals surface area contributed by atoms with E-state index in [4.69, 9.17) is 4.42 Å². The monoisotopic (exact) mass is 433 g/mol. The van der Waals surface area contributed by atoms with Gasteiger partial charge in [-0.15, -0.1) is 13.2 Å². The number of para-hydroxylation sites is 1. The molecule has 1 unspecified atom stereocenters. The molecule has 9 heteroatoms. The minimum absolute atomic E-state index is 0.0327. The first-order valence-electron chi connectivity index (χ1n) is 9.58. The largest absolute Gasteiger partial charge is 0.573 e. The highest BCUT2D eigenvalue weighted by Crippen LogP contribution is 2.44. The first kappa shape index (κ1) is 20.8. The molecule has 1 aliphatic carbocycles. The molecule has 0 bridgehead atoms. The van der Waals surface area contributed by atoms with Gasteiger partial charge in [0.25, 0.3) is 0 Å².